The SMILES string of the molecule is CCC(c1nc2c(Cl)cnn2c(=O)n1Cc1ccccc1)N(CCCN)C(=O)c1ccc(C)cc1. The lowest BCUT2D eigenvalue weighted by Crippen LogP contribution is -2.41. The molecule has 35 heavy (non-hydrogen) atoms. The van der Waals surface area contributed by atoms with Crippen molar-refractivity contribution in [2.75, 3.05) is 13.1 Å². The first-order chi connectivity index (χ1) is 16.9. The van der Waals surface area contributed by atoms with E-state index in [4.69, 9.17) is 22.3 Å². The highest BCUT2D eigenvalue weighted by molar-refractivity contribution is 6.33. The van der Waals surface area contributed by atoms with Crippen molar-refractivity contribution >= 4 is 23.2 Å². The number of carbonyl (C=O) groups is 1. The second kappa shape index (κ2) is 10.8. The maximum absolute atomic E-state index is 13.7. The first-order valence-electron chi connectivity index (χ1n) is 11.7. The van der Waals surface area contributed by atoms with E-state index in [1.807, 2.05) is 68.4 Å². The van der Waals surface area contributed by atoms with Gasteiger partial charge >= 0.3 is 5.69 Å². The Kier molecular flexibility index (Phi) is 7.63. The molecule has 2 heterocycles. The van der Waals surface area contributed by atoms with Crippen LogP contribution in [0, 0.1) is 6.92 Å². The van der Waals surface area contributed by atoms with E-state index in [2.05, 4.69) is 5.10 Å². The van der Waals surface area contributed by atoms with Crippen LogP contribution in [-0.2, 0) is 6.54 Å². The summed E-state index contributed by atoms with van der Waals surface area (Å²) in [6.07, 6.45) is 2.57. The van der Waals surface area contributed by atoms with Gasteiger partial charge in [-0.15, -0.1) is 0 Å². The van der Waals surface area contributed by atoms with Gasteiger partial charge in [-0.05, 0) is 44.0 Å². The van der Waals surface area contributed by atoms with Crippen LogP contribution in [0.1, 0.15) is 53.1 Å². The van der Waals surface area contributed by atoms with E-state index in [9.17, 15) is 9.59 Å². The number of nitrogens with two attached hydrogens (primary N) is 1. The van der Waals surface area contributed by atoms with E-state index in [-0.39, 0.29) is 28.8 Å². The molecule has 0 bridgehead atoms. The Labute approximate surface area is 209 Å². The maximum Gasteiger partial charge on any atom is 0.352 e. The smallest absolute Gasteiger partial charge is 0.330 e. The molecule has 1 unspecified atom stereocenters. The summed E-state index contributed by atoms with van der Waals surface area (Å²) >= 11 is 6.32. The summed E-state index contributed by atoms with van der Waals surface area (Å²) in [7, 11) is 0. The Hall–Kier alpha value is -3.49. The first-order valence-corrected chi connectivity index (χ1v) is 12.1. The van der Waals surface area contributed by atoms with E-state index in [1.165, 1.54) is 10.7 Å². The summed E-state index contributed by atoms with van der Waals surface area (Å²) in [6.45, 7) is 5.11. The molecule has 2 N–H and O–H groups in total. The highest BCUT2D eigenvalue weighted by Gasteiger charge is 2.29. The standard InChI is InChI=1S/C26H29ClN6O2/c1-3-22(31(15-7-14-28)25(34)20-12-10-18(2)11-13-20)24-30-23-21(27)16-29-33(23)26(35)32(24)17-19-8-5-4-6-9-19/h4-6,8-13,16,22H,3,7,14-15,17,28H2,1-2H3. The molecule has 0 fully saturated rings. The minimum atomic E-state index is -0.470. The number of benzene rings is 2. The largest absolute Gasteiger partial charge is 0.352 e. The van der Waals surface area contributed by atoms with E-state index in [1.54, 1.807) is 9.47 Å². The zero-order chi connectivity index (χ0) is 24.9. The third-order valence-corrected chi connectivity index (χ3v) is 6.28. The number of halogens is 1. The first kappa shape index (κ1) is 24.6. The van der Waals surface area contributed by atoms with Gasteiger partial charge in [0, 0.05) is 12.1 Å². The topological polar surface area (TPSA) is 98.5 Å². The molecule has 4 aromatic rings. The highest BCUT2D eigenvalue weighted by atomic mass is 35.5. The lowest BCUT2D eigenvalue weighted by molar-refractivity contribution is 0.0655. The van der Waals surface area contributed by atoms with Gasteiger partial charge in [0.05, 0.1) is 18.8 Å². The van der Waals surface area contributed by atoms with Gasteiger partial charge in [0.1, 0.15) is 10.8 Å². The molecule has 0 aliphatic heterocycles. The fourth-order valence-corrected chi connectivity index (χ4v) is 4.34. The fraction of sp³-hybridized carbons (Fsp3) is 0.308. The summed E-state index contributed by atoms with van der Waals surface area (Å²) in [5.74, 6) is 0.332. The van der Waals surface area contributed by atoms with Gasteiger partial charge in [-0.25, -0.2) is 9.78 Å². The number of amides is 1. The number of carbonyl (C=O) groups excluding carboxylic acids is 1. The molecule has 182 valence electrons. The predicted molar refractivity (Wildman–Crippen MR) is 137 cm³/mol. The number of aromatic nitrogens is 4. The van der Waals surface area contributed by atoms with Crippen molar-refractivity contribution in [3.8, 4) is 0 Å². The Bertz CT molecular complexity index is 1360. The minimum Gasteiger partial charge on any atom is -0.330 e. The van der Waals surface area contributed by atoms with E-state index in [0.29, 0.717) is 37.3 Å². The molecule has 8 nitrogen and oxygen atoms in total. The molecule has 0 aliphatic rings. The monoisotopic (exact) mass is 492 g/mol. The number of hydrogen-bond acceptors (Lipinski definition) is 5. The minimum absolute atomic E-state index is 0.134. The van der Waals surface area contributed by atoms with Crippen LogP contribution in [0.15, 0.2) is 65.6 Å². The Morgan fingerprint density at radius 1 is 1.14 bits per heavy atom. The highest BCUT2D eigenvalue weighted by Crippen LogP contribution is 2.27. The maximum atomic E-state index is 13.7. The van der Waals surface area contributed by atoms with E-state index in [0.717, 1.165) is 11.1 Å². The van der Waals surface area contributed by atoms with Crippen LogP contribution in [0.4, 0.5) is 0 Å². The lowest BCUT2D eigenvalue weighted by atomic mass is 10.1. The lowest BCUT2D eigenvalue weighted by Gasteiger charge is -2.32. The quantitative estimate of drug-likeness (QED) is 0.382. The van der Waals surface area contributed by atoms with Crippen molar-refractivity contribution in [3.63, 3.8) is 0 Å². The molecule has 0 radical (unpaired) electrons. The van der Waals surface area contributed by atoms with Crippen LogP contribution < -0.4 is 11.4 Å². The van der Waals surface area contributed by atoms with Crippen molar-refractivity contribution < 1.29 is 4.79 Å². The molecule has 1 atom stereocenters. The summed E-state index contributed by atoms with van der Waals surface area (Å²) in [4.78, 5) is 33.8. The molecule has 0 spiro atoms. The van der Waals surface area contributed by atoms with Crippen molar-refractivity contribution in [1.29, 1.82) is 0 Å². The molecule has 0 saturated heterocycles. The van der Waals surface area contributed by atoms with Gasteiger partial charge in [-0.2, -0.15) is 9.61 Å². The summed E-state index contributed by atoms with van der Waals surface area (Å²) in [5.41, 5.74) is 8.31. The molecule has 0 saturated carbocycles. The number of fused-ring (bicyclic) bond motifs is 1. The van der Waals surface area contributed by atoms with Crippen LogP contribution in [0.2, 0.25) is 5.02 Å². The second-order valence-corrected chi connectivity index (χ2v) is 8.89. The normalized spacial score (nSPS) is 12.1. The van der Waals surface area contributed by atoms with E-state index < -0.39 is 6.04 Å². The average Bonchev–Trinajstić information content (AvgIpc) is 3.25. The Morgan fingerprint density at radius 2 is 1.86 bits per heavy atom. The van der Waals surface area contributed by atoms with Crippen LogP contribution in [-0.4, -0.2) is 43.1 Å². The third-order valence-electron chi connectivity index (χ3n) is 6.02. The summed E-state index contributed by atoms with van der Waals surface area (Å²) < 4.78 is 2.78. The van der Waals surface area contributed by atoms with Crippen molar-refractivity contribution in [2.24, 2.45) is 5.73 Å². The van der Waals surface area contributed by atoms with Crippen molar-refractivity contribution in [3.05, 3.63) is 98.8 Å². The van der Waals surface area contributed by atoms with Crippen LogP contribution in [0.5, 0.6) is 0 Å². The zero-order valence-electron chi connectivity index (χ0n) is 19.9. The van der Waals surface area contributed by atoms with Gasteiger partial charge in [-0.1, -0.05) is 66.6 Å². The van der Waals surface area contributed by atoms with Gasteiger partial charge in [0.15, 0.2) is 5.65 Å². The molecular formula is C26H29ClN6O2. The molecule has 2 aromatic heterocycles. The number of aryl methyl sites for hydroxylation is 1. The predicted octanol–water partition coefficient (Wildman–Crippen LogP) is 3.84. The Morgan fingerprint density at radius 3 is 2.51 bits per heavy atom. The molecule has 1 amide bonds. The van der Waals surface area contributed by atoms with Crippen molar-refractivity contribution in [2.45, 2.75) is 39.3 Å². The summed E-state index contributed by atoms with van der Waals surface area (Å²) in [5, 5.41) is 4.40. The van der Waals surface area contributed by atoms with Gasteiger partial charge < -0.3 is 10.6 Å². The molecular weight excluding hydrogens is 464 g/mol. The average molecular weight is 493 g/mol. The third kappa shape index (κ3) is 5.13. The van der Waals surface area contributed by atoms with Gasteiger partial charge in [0.25, 0.3) is 5.91 Å². The van der Waals surface area contributed by atoms with Crippen molar-refractivity contribution in [1.82, 2.24) is 24.1 Å². The molecule has 0 aliphatic carbocycles. The fourth-order valence-electron chi connectivity index (χ4n) is 4.18. The molecule has 9 heteroatoms. The van der Waals surface area contributed by atoms with Crippen LogP contribution in [0.3, 0.4) is 0 Å². The van der Waals surface area contributed by atoms with Gasteiger partial charge in [-0.3, -0.25) is 9.36 Å². The summed E-state index contributed by atoms with van der Waals surface area (Å²) in [6, 6.07) is 16.7. The second-order valence-electron chi connectivity index (χ2n) is 8.48. The Balaban J connectivity index is 1.87. The van der Waals surface area contributed by atoms with Crippen LogP contribution >= 0.6 is 11.6 Å². The van der Waals surface area contributed by atoms with Crippen LogP contribution in [0.25, 0.3) is 5.65 Å². The zero-order valence-corrected chi connectivity index (χ0v) is 20.7. The number of hydrogen-bond donors (Lipinski definition) is 1. The van der Waals surface area contributed by atoms with E-state index >= 15 is 0 Å². The number of rotatable bonds is 9. The molecule has 4 rings (SSSR count). The molecule has 2 aromatic carbocycles. The number of nitrogens with zero attached hydrogens (tertiary/aromatic N) is 5. The van der Waals surface area contributed by atoms with Gasteiger partial charge in [0.2, 0.25) is 0 Å².